The number of ether oxygens (including phenoxy) is 1. The molecule has 0 saturated carbocycles. The maximum Gasteiger partial charge on any atom is 0.333 e. The van der Waals surface area contributed by atoms with Crippen LogP contribution in [0.25, 0.3) is 0 Å². The number of thioether (sulfide) groups is 1. The number of amides is 1. The van der Waals surface area contributed by atoms with Crippen molar-refractivity contribution < 1.29 is 14.3 Å². The number of carbonyl (C=O) groups is 2. The monoisotopic (exact) mass is 291 g/mol. The van der Waals surface area contributed by atoms with Crippen LogP contribution >= 0.6 is 11.8 Å². The number of aryl methyl sites for hydroxylation is 1. The molecule has 1 aliphatic heterocycles. The molecule has 0 atom stereocenters. The number of rotatable bonds is 4. The molecule has 20 heavy (non-hydrogen) atoms. The lowest BCUT2D eigenvalue weighted by molar-refractivity contribution is -0.137. The largest absolute Gasteiger partial charge is 0.463 e. The highest BCUT2D eigenvalue weighted by Gasteiger charge is 2.27. The topological polar surface area (TPSA) is 46.6 Å². The van der Waals surface area contributed by atoms with Crippen LogP contribution in [0.4, 0.5) is 0 Å². The molecule has 1 aliphatic rings. The summed E-state index contributed by atoms with van der Waals surface area (Å²) in [7, 11) is 0. The van der Waals surface area contributed by atoms with Gasteiger partial charge in [-0.1, -0.05) is 36.0 Å². The van der Waals surface area contributed by atoms with Crippen molar-refractivity contribution >= 4 is 23.6 Å². The summed E-state index contributed by atoms with van der Waals surface area (Å²) in [4.78, 5) is 25.1. The predicted molar refractivity (Wildman–Crippen MR) is 78.9 cm³/mol. The van der Waals surface area contributed by atoms with Crippen LogP contribution < -0.4 is 0 Å². The molecule has 1 fully saturated rings. The smallest absolute Gasteiger partial charge is 0.333 e. The zero-order chi connectivity index (χ0) is 14.5. The Morgan fingerprint density at radius 3 is 2.90 bits per heavy atom. The first-order chi connectivity index (χ1) is 9.61. The number of hydrogen-bond acceptors (Lipinski definition) is 4. The van der Waals surface area contributed by atoms with Crippen molar-refractivity contribution in [2.75, 3.05) is 12.4 Å². The van der Waals surface area contributed by atoms with Gasteiger partial charge in [-0.2, -0.15) is 0 Å². The average molecular weight is 291 g/mol. The van der Waals surface area contributed by atoms with Crippen LogP contribution in [0.5, 0.6) is 0 Å². The fraction of sp³-hybridized carbons (Fsp3) is 0.333. The molecule has 1 amide bonds. The third-order valence-corrected chi connectivity index (χ3v) is 4.05. The third kappa shape index (κ3) is 3.42. The molecule has 0 unspecified atom stereocenters. The molecule has 1 heterocycles. The minimum absolute atomic E-state index is 0.0220. The van der Waals surface area contributed by atoms with Gasteiger partial charge in [-0.15, -0.1) is 0 Å². The number of benzene rings is 1. The van der Waals surface area contributed by atoms with Crippen LogP contribution in [-0.4, -0.2) is 29.1 Å². The summed E-state index contributed by atoms with van der Waals surface area (Å²) in [5.41, 5.74) is 2.21. The second kappa shape index (κ2) is 6.61. The summed E-state index contributed by atoms with van der Waals surface area (Å²) < 4.78 is 4.89. The SMILES string of the molecule is CCOC(=O)/C=C1/SCC(=O)N1Cc1ccccc1C. The van der Waals surface area contributed by atoms with Crippen molar-refractivity contribution in [1.29, 1.82) is 0 Å². The Balaban J connectivity index is 2.17. The molecule has 106 valence electrons. The number of esters is 1. The lowest BCUT2D eigenvalue weighted by atomic mass is 10.1. The van der Waals surface area contributed by atoms with E-state index in [-0.39, 0.29) is 5.91 Å². The van der Waals surface area contributed by atoms with E-state index in [4.69, 9.17) is 4.74 Å². The first-order valence-corrected chi connectivity index (χ1v) is 7.46. The predicted octanol–water partition coefficient (Wildman–Crippen LogP) is 2.47. The Labute approximate surface area is 122 Å². The van der Waals surface area contributed by atoms with Crippen molar-refractivity contribution in [1.82, 2.24) is 4.90 Å². The summed E-state index contributed by atoms with van der Waals surface area (Å²) in [6.45, 7) is 4.59. The Bertz CT molecular complexity index is 554. The van der Waals surface area contributed by atoms with Crippen LogP contribution in [0.2, 0.25) is 0 Å². The molecule has 0 aromatic heterocycles. The highest BCUT2D eigenvalue weighted by atomic mass is 32.2. The van der Waals surface area contributed by atoms with Crippen molar-refractivity contribution in [3.8, 4) is 0 Å². The number of carbonyl (C=O) groups excluding carboxylic acids is 2. The van der Waals surface area contributed by atoms with Gasteiger partial charge >= 0.3 is 5.97 Å². The van der Waals surface area contributed by atoms with Gasteiger partial charge in [-0.05, 0) is 25.0 Å². The molecule has 0 aliphatic carbocycles. The minimum Gasteiger partial charge on any atom is -0.463 e. The second-order valence-electron chi connectivity index (χ2n) is 4.43. The van der Waals surface area contributed by atoms with Crippen LogP contribution in [0.3, 0.4) is 0 Å². The van der Waals surface area contributed by atoms with E-state index in [0.29, 0.717) is 23.9 Å². The molecule has 0 spiro atoms. The van der Waals surface area contributed by atoms with E-state index in [0.717, 1.165) is 11.1 Å². The van der Waals surface area contributed by atoms with Gasteiger partial charge in [-0.3, -0.25) is 4.79 Å². The Kier molecular flexibility index (Phi) is 4.84. The van der Waals surface area contributed by atoms with E-state index < -0.39 is 5.97 Å². The molecule has 4 nitrogen and oxygen atoms in total. The molecule has 1 aromatic carbocycles. The van der Waals surface area contributed by atoms with E-state index in [1.807, 2.05) is 31.2 Å². The summed E-state index contributed by atoms with van der Waals surface area (Å²) in [5, 5.41) is 0.664. The lowest BCUT2D eigenvalue weighted by Crippen LogP contribution is -2.24. The fourth-order valence-electron chi connectivity index (χ4n) is 1.94. The molecule has 0 radical (unpaired) electrons. The Morgan fingerprint density at radius 2 is 2.20 bits per heavy atom. The van der Waals surface area contributed by atoms with Crippen LogP contribution in [0.1, 0.15) is 18.1 Å². The van der Waals surface area contributed by atoms with Crippen molar-refractivity contribution in [2.24, 2.45) is 0 Å². The fourth-order valence-corrected chi connectivity index (χ4v) is 2.87. The highest BCUT2D eigenvalue weighted by molar-refractivity contribution is 8.04. The average Bonchev–Trinajstić information content (AvgIpc) is 2.74. The number of nitrogens with zero attached hydrogens (tertiary/aromatic N) is 1. The minimum atomic E-state index is -0.403. The van der Waals surface area contributed by atoms with Gasteiger partial charge in [0, 0.05) is 0 Å². The first kappa shape index (κ1) is 14.7. The van der Waals surface area contributed by atoms with E-state index in [1.54, 1.807) is 11.8 Å². The standard InChI is InChI=1S/C15H17NO3S/c1-3-19-15(18)8-14-16(13(17)10-20-14)9-12-7-5-4-6-11(12)2/h4-8H,3,9-10H2,1-2H3/b14-8+. The molecule has 1 aromatic rings. The number of hydrogen-bond donors (Lipinski definition) is 0. The van der Waals surface area contributed by atoms with Gasteiger partial charge in [0.2, 0.25) is 5.91 Å². The van der Waals surface area contributed by atoms with E-state index >= 15 is 0 Å². The molecule has 5 heteroatoms. The summed E-state index contributed by atoms with van der Waals surface area (Å²) in [6.07, 6.45) is 1.40. The van der Waals surface area contributed by atoms with E-state index in [1.165, 1.54) is 17.8 Å². The molecule has 2 rings (SSSR count). The molecule has 0 N–H and O–H groups in total. The third-order valence-electron chi connectivity index (χ3n) is 3.03. The normalized spacial score (nSPS) is 16.8. The first-order valence-electron chi connectivity index (χ1n) is 6.48. The van der Waals surface area contributed by atoms with Gasteiger partial charge in [-0.25, -0.2) is 4.79 Å². The zero-order valence-corrected chi connectivity index (χ0v) is 12.4. The maximum absolute atomic E-state index is 12.0. The molecular weight excluding hydrogens is 274 g/mol. The van der Waals surface area contributed by atoms with Crippen molar-refractivity contribution in [3.63, 3.8) is 0 Å². The van der Waals surface area contributed by atoms with Gasteiger partial charge in [0.25, 0.3) is 0 Å². The summed E-state index contributed by atoms with van der Waals surface area (Å²) in [5.74, 6) is -0.00908. The van der Waals surface area contributed by atoms with Gasteiger partial charge in [0.1, 0.15) is 0 Å². The van der Waals surface area contributed by atoms with Gasteiger partial charge in [0.15, 0.2) is 0 Å². The Hall–Kier alpha value is -1.75. The summed E-state index contributed by atoms with van der Waals surface area (Å²) >= 11 is 1.37. The Morgan fingerprint density at radius 1 is 1.45 bits per heavy atom. The van der Waals surface area contributed by atoms with Gasteiger partial charge in [0.05, 0.1) is 30.0 Å². The van der Waals surface area contributed by atoms with E-state index in [9.17, 15) is 9.59 Å². The molecule has 0 bridgehead atoms. The second-order valence-corrected chi connectivity index (χ2v) is 5.43. The molecular formula is C15H17NO3S. The van der Waals surface area contributed by atoms with Crippen LogP contribution in [0, 0.1) is 6.92 Å². The van der Waals surface area contributed by atoms with Crippen LogP contribution in [-0.2, 0) is 20.9 Å². The quantitative estimate of drug-likeness (QED) is 0.631. The van der Waals surface area contributed by atoms with E-state index in [2.05, 4.69) is 0 Å². The van der Waals surface area contributed by atoms with Gasteiger partial charge < -0.3 is 9.64 Å². The van der Waals surface area contributed by atoms with Crippen LogP contribution in [0.15, 0.2) is 35.4 Å². The highest BCUT2D eigenvalue weighted by Crippen LogP contribution is 2.30. The van der Waals surface area contributed by atoms with Crippen molar-refractivity contribution in [3.05, 3.63) is 46.5 Å². The molecule has 1 saturated heterocycles. The lowest BCUT2D eigenvalue weighted by Gasteiger charge is -2.18. The summed E-state index contributed by atoms with van der Waals surface area (Å²) in [6, 6.07) is 7.92. The van der Waals surface area contributed by atoms with Crippen molar-refractivity contribution in [2.45, 2.75) is 20.4 Å². The zero-order valence-electron chi connectivity index (χ0n) is 11.6. The maximum atomic E-state index is 12.0.